The van der Waals surface area contributed by atoms with E-state index in [-0.39, 0.29) is 13.2 Å². The van der Waals surface area contributed by atoms with Crippen LogP contribution in [0.15, 0.2) is 28.7 Å². The Labute approximate surface area is 114 Å². The maximum atomic E-state index is 11.7. The second-order valence-electron chi connectivity index (χ2n) is 3.57. The lowest BCUT2D eigenvalue weighted by Gasteiger charge is -2.18. The summed E-state index contributed by atoms with van der Waals surface area (Å²) in [5, 5.41) is 11.3. The van der Waals surface area contributed by atoms with Gasteiger partial charge in [-0.05, 0) is 25.1 Å². The SMILES string of the molecule is CCN(CCO)C(=O)C(=O)Nc1cccc(Br)c1. The first-order chi connectivity index (χ1) is 8.58. The number of aliphatic hydroxyl groups is 1. The predicted molar refractivity (Wildman–Crippen MR) is 72.1 cm³/mol. The highest BCUT2D eigenvalue weighted by Crippen LogP contribution is 2.15. The third kappa shape index (κ3) is 4.12. The molecule has 18 heavy (non-hydrogen) atoms. The van der Waals surface area contributed by atoms with E-state index in [4.69, 9.17) is 5.11 Å². The third-order valence-corrected chi connectivity index (χ3v) is 2.81. The number of benzene rings is 1. The van der Waals surface area contributed by atoms with Gasteiger partial charge in [0.25, 0.3) is 0 Å². The Morgan fingerprint density at radius 2 is 2.17 bits per heavy atom. The average Bonchev–Trinajstić information content (AvgIpc) is 2.35. The molecule has 1 aromatic carbocycles. The number of anilines is 1. The number of rotatable bonds is 4. The molecule has 6 heteroatoms. The summed E-state index contributed by atoms with van der Waals surface area (Å²) in [5.74, 6) is -1.35. The van der Waals surface area contributed by atoms with Crippen LogP contribution in [0.4, 0.5) is 5.69 Å². The van der Waals surface area contributed by atoms with Gasteiger partial charge in [-0.3, -0.25) is 9.59 Å². The van der Waals surface area contributed by atoms with E-state index in [1.165, 1.54) is 4.90 Å². The molecule has 0 aromatic heterocycles. The second-order valence-corrected chi connectivity index (χ2v) is 4.49. The summed E-state index contributed by atoms with van der Waals surface area (Å²) in [7, 11) is 0. The molecule has 2 N–H and O–H groups in total. The van der Waals surface area contributed by atoms with E-state index >= 15 is 0 Å². The molecule has 2 amide bonds. The van der Waals surface area contributed by atoms with Crippen molar-refractivity contribution in [2.24, 2.45) is 0 Å². The fourth-order valence-electron chi connectivity index (χ4n) is 1.42. The summed E-state index contributed by atoms with van der Waals surface area (Å²) in [4.78, 5) is 24.7. The first-order valence-corrected chi connectivity index (χ1v) is 6.34. The van der Waals surface area contributed by atoms with E-state index in [9.17, 15) is 9.59 Å². The molecule has 0 spiro atoms. The van der Waals surface area contributed by atoms with Crippen LogP contribution in [0, 0.1) is 0 Å². The molecule has 5 nitrogen and oxygen atoms in total. The van der Waals surface area contributed by atoms with E-state index in [1.54, 1.807) is 25.1 Å². The smallest absolute Gasteiger partial charge is 0.313 e. The number of carbonyl (C=O) groups is 2. The van der Waals surface area contributed by atoms with E-state index in [0.717, 1.165) is 4.47 Å². The van der Waals surface area contributed by atoms with Crippen LogP contribution in [0.25, 0.3) is 0 Å². The zero-order chi connectivity index (χ0) is 13.5. The monoisotopic (exact) mass is 314 g/mol. The van der Waals surface area contributed by atoms with E-state index in [2.05, 4.69) is 21.2 Å². The Balaban J connectivity index is 2.67. The average molecular weight is 315 g/mol. The number of hydrogen-bond donors (Lipinski definition) is 2. The summed E-state index contributed by atoms with van der Waals surface area (Å²) in [6.45, 7) is 2.12. The van der Waals surface area contributed by atoms with Gasteiger partial charge in [0, 0.05) is 23.2 Å². The van der Waals surface area contributed by atoms with Crippen LogP contribution < -0.4 is 5.32 Å². The fourth-order valence-corrected chi connectivity index (χ4v) is 1.82. The molecular formula is C12H15BrN2O3. The number of nitrogens with zero attached hydrogens (tertiary/aromatic N) is 1. The first kappa shape index (κ1) is 14.7. The van der Waals surface area contributed by atoms with Gasteiger partial charge in [-0.1, -0.05) is 22.0 Å². The molecule has 0 bridgehead atoms. The minimum absolute atomic E-state index is 0.154. The fraction of sp³-hybridized carbons (Fsp3) is 0.333. The van der Waals surface area contributed by atoms with Crippen LogP contribution in [0.1, 0.15) is 6.92 Å². The molecule has 0 aliphatic heterocycles. The van der Waals surface area contributed by atoms with Gasteiger partial charge in [0.15, 0.2) is 0 Å². The van der Waals surface area contributed by atoms with Gasteiger partial charge in [0.1, 0.15) is 0 Å². The summed E-state index contributed by atoms with van der Waals surface area (Å²) < 4.78 is 0.815. The normalized spacial score (nSPS) is 9.94. The topological polar surface area (TPSA) is 69.6 Å². The standard InChI is InChI=1S/C12H15BrN2O3/c1-2-15(6-7-16)12(18)11(17)14-10-5-3-4-9(13)8-10/h3-5,8,16H,2,6-7H2,1H3,(H,14,17). The van der Waals surface area contributed by atoms with Crippen molar-refractivity contribution in [1.29, 1.82) is 0 Å². The summed E-state index contributed by atoms with van der Waals surface area (Å²) in [6, 6.07) is 6.98. The van der Waals surface area contributed by atoms with Crippen molar-refractivity contribution in [3.05, 3.63) is 28.7 Å². The van der Waals surface area contributed by atoms with Crippen LogP contribution in [0.3, 0.4) is 0 Å². The largest absolute Gasteiger partial charge is 0.395 e. The van der Waals surface area contributed by atoms with Crippen molar-refractivity contribution >= 4 is 33.4 Å². The van der Waals surface area contributed by atoms with Crippen LogP contribution in [0.5, 0.6) is 0 Å². The zero-order valence-corrected chi connectivity index (χ0v) is 11.6. The Morgan fingerprint density at radius 1 is 1.44 bits per heavy atom. The van der Waals surface area contributed by atoms with Crippen LogP contribution >= 0.6 is 15.9 Å². The van der Waals surface area contributed by atoms with Gasteiger partial charge in [-0.25, -0.2) is 0 Å². The lowest BCUT2D eigenvalue weighted by atomic mass is 10.3. The zero-order valence-electron chi connectivity index (χ0n) is 10.0. The van der Waals surface area contributed by atoms with E-state index in [0.29, 0.717) is 12.2 Å². The molecule has 0 fully saturated rings. The van der Waals surface area contributed by atoms with Gasteiger partial charge in [0.2, 0.25) is 0 Å². The number of hydrogen-bond acceptors (Lipinski definition) is 3. The van der Waals surface area contributed by atoms with Crippen LogP contribution in [-0.4, -0.2) is 41.5 Å². The first-order valence-electron chi connectivity index (χ1n) is 5.55. The molecule has 0 heterocycles. The number of amides is 2. The summed E-state index contributed by atoms with van der Waals surface area (Å²) >= 11 is 3.28. The molecule has 0 saturated carbocycles. The summed E-state index contributed by atoms with van der Waals surface area (Å²) in [6.07, 6.45) is 0. The minimum atomic E-state index is -0.705. The molecule has 0 unspecified atom stereocenters. The highest BCUT2D eigenvalue weighted by atomic mass is 79.9. The van der Waals surface area contributed by atoms with Crippen molar-refractivity contribution in [1.82, 2.24) is 4.90 Å². The van der Waals surface area contributed by atoms with Gasteiger partial charge in [-0.2, -0.15) is 0 Å². The molecule has 0 atom stereocenters. The molecular weight excluding hydrogens is 300 g/mol. The molecule has 0 radical (unpaired) electrons. The highest BCUT2D eigenvalue weighted by molar-refractivity contribution is 9.10. The lowest BCUT2D eigenvalue weighted by molar-refractivity contribution is -0.143. The number of likely N-dealkylation sites (N-methyl/N-ethyl adjacent to an activating group) is 1. The van der Waals surface area contributed by atoms with Crippen molar-refractivity contribution in [3.8, 4) is 0 Å². The van der Waals surface area contributed by atoms with Crippen molar-refractivity contribution in [2.45, 2.75) is 6.92 Å². The maximum absolute atomic E-state index is 11.7. The van der Waals surface area contributed by atoms with Crippen molar-refractivity contribution in [2.75, 3.05) is 25.0 Å². The number of aliphatic hydroxyl groups excluding tert-OH is 1. The van der Waals surface area contributed by atoms with Gasteiger partial charge in [0.05, 0.1) is 6.61 Å². The third-order valence-electron chi connectivity index (χ3n) is 2.32. The molecule has 1 rings (SSSR count). The van der Waals surface area contributed by atoms with Gasteiger partial charge in [-0.15, -0.1) is 0 Å². The van der Waals surface area contributed by atoms with Gasteiger partial charge >= 0.3 is 11.8 Å². The Kier molecular flexibility index (Phi) is 5.80. The van der Waals surface area contributed by atoms with Crippen molar-refractivity contribution < 1.29 is 14.7 Å². The Morgan fingerprint density at radius 3 is 2.72 bits per heavy atom. The van der Waals surface area contributed by atoms with Crippen LogP contribution in [-0.2, 0) is 9.59 Å². The van der Waals surface area contributed by atoms with Gasteiger partial charge < -0.3 is 15.3 Å². The molecule has 0 aliphatic carbocycles. The quantitative estimate of drug-likeness (QED) is 0.821. The predicted octanol–water partition coefficient (Wildman–Crippen LogP) is 1.23. The minimum Gasteiger partial charge on any atom is -0.395 e. The van der Waals surface area contributed by atoms with E-state index < -0.39 is 11.8 Å². The van der Waals surface area contributed by atoms with E-state index in [1.807, 2.05) is 6.07 Å². The Bertz CT molecular complexity index is 437. The molecule has 98 valence electrons. The lowest BCUT2D eigenvalue weighted by Crippen LogP contribution is -2.41. The molecule has 0 saturated heterocycles. The number of nitrogens with one attached hydrogen (secondary N) is 1. The Hall–Kier alpha value is -1.40. The second kappa shape index (κ2) is 7.13. The highest BCUT2D eigenvalue weighted by Gasteiger charge is 2.20. The maximum Gasteiger partial charge on any atom is 0.313 e. The molecule has 1 aromatic rings. The molecule has 0 aliphatic rings. The van der Waals surface area contributed by atoms with Crippen molar-refractivity contribution in [3.63, 3.8) is 0 Å². The number of carbonyl (C=O) groups excluding carboxylic acids is 2. The number of halogens is 1. The van der Waals surface area contributed by atoms with Crippen LogP contribution in [0.2, 0.25) is 0 Å². The summed E-state index contributed by atoms with van der Waals surface area (Å²) in [5.41, 5.74) is 0.544.